The van der Waals surface area contributed by atoms with Gasteiger partial charge in [-0.2, -0.15) is 5.10 Å². The van der Waals surface area contributed by atoms with E-state index < -0.39 is 0 Å². The van der Waals surface area contributed by atoms with Gasteiger partial charge in [0.15, 0.2) is 5.65 Å². The lowest BCUT2D eigenvalue weighted by atomic mass is 10.1. The third-order valence-electron chi connectivity index (χ3n) is 2.91. The molecule has 0 saturated carbocycles. The lowest BCUT2D eigenvalue weighted by molar-refractivity contribution is 0.479. The van der Waals surface area contributed by atoms with Crippen molar-refractivity contribution in [1.29, 1.82) is 0 Å². The number of hydrogen-bond donors (Lipinski definition) is 2. The molecule has 0 bridgehead atoms. The number of rotatable bonds is 2. The van der Waals surface area contributed by atoms with Gasteiger partial charge in [-0.25, -0.2) is 9.50 Å². The van der Waals surface area contributed by atoms with Gasteiger partial charge in [0.05, 0.1) is 6.20 Å². The second kappa shape index (κ2) is 4.09. The van der Waals surface area contributed by atoms with Gasteiger partial charge in [0.2, 0.25) is 0 Å². The Balaban J connectivity index is 1.77. The molecule has 5 heteroatoms. The zero-order valence-corrected chi connectivity index (χ0v) is 9.06. The Morgan fingerprint density at radius 3 is 3.31 bits per heavy atom. The number of fused-ring (bicyclic) bond motifs is 1. The molecule has 84 valence electrons. The summed E-state index contributed by atoms with van der Waals surface area (Å²) in [4.78, 5) is 4.49. The smallest absolute Gasteiger partial charge is 0.157 e. The predicted octanol–water partition coefficient (Wildman–Crippen LogP) is 0.893. The van der Waals surface area contributed by atoms with Gasteiger partial charge in [0.1, 0.15) is 5.82 Å². The van der Waals surface area contributed by atoms with Gasteiger partial charge in [-0.1, -0.05) is 0 Å². The summed E-state index contributed by atoms with van der Waals surface area (Å²) in [7, 11) is 0. The van der Waals surface area contributed by atoms with Crippen LogP contribution in [0.25, 0.3) is 5.65 Å². The molecule has 16 heavy (non-hydrogen) atoms. The van der Waals surface area contributed by atoms with Crippen LogP contribution in [0.2, 0.25) is 0 Å². The Morgan fingerprint density at radius 1 is 1.44 bits per heavy atom. The Kier molecular flexibility index (Phi) is 2.46. The first-order valence-corrected chi connectivity index (χ1v) is 5.69. The van der Waals surface area contributed by atoms with E-state index in [1.807, 2.05) is 18.3 Å². The molecule has 0 radical (unpaired) electrons. The van der Waals surface area contributed by atoms with Crippen molar-refractivity contribution in [2.75, 3.05) is 18.4 Å². The summed E-state index contributed by atoms with van der Waals surface area (Å²) < 4.78 is 1.77. The molecule has 1 saturated heterocycles. The molecule has 0 aromatic carbocycles. The highest BCUT2D eigenvalue weighted by Gasteiger charge is 2.12. The van der Waals surface area contributed by atoms with Crippen LogP contribution in [0.5, 0.6) is 0 Å². The van der Waals surface area contributed by atoms with Gasteiger partial charge < -0.3 is 10.6 Å². The molecular formula is C11H15N5. The topological polar surface area (TPSA) is 54.2 Å². The molecule has 2 aromatic heterocycles. The summed E-state index contributed by atoms with van der Waals surface area (Å²) in [5.74, 6) is 0.932. The summed E-state index contributed by atoms with van der Waals surface area (Å²) >= 11 is 0. The maximum absolute atomic E-state index is 4.49. The molecule has 1 aliphatic rings. The molecule has 3 heterocycles. The van der Waals surface area contributed by atoms with E-state index in [0.29, 0.717) is 6.04 Å². The lowest BCUT2D eigenvalue weighted by Crippen LogP contribution is -2.38. The van der Waals surface area contributed by atoms with Crippen LogP contribution in [0.4, 0.5) is 5.82 Å². The number of piperidine rings is 1. The Bertz CT molecular complexity index is 472. The number of nitrogens with one attached hydrogen (secondary N) is 2. The van der Waals surface area contributed by atoms with Gasteiger partial charge in [-0.3, -0.25) is 0 Å². The molecular weight excluding hydrogens is 202 g/mol. The lowest BCUT2D eigenvalue weighted by Gasteiger charge is -2.24. The Hall–Kier alpha value is -1.62. The first-order chi connectivity index (χ1) is 7.92. The summed E-state index contributed by atoms with van der Waals surface area (Å²) in [5, 5.41) is 10.9. The molecule has 0 spiro atoms. The van der Waals surface area contributed by atoms with E-state index in [2.05, 4.69) is 20.7 Å². The van der Waals surface area contributed by atoms with Crippen molar-refractivity contribution in [2.45, 2.75) is 18.9 Å². The first kappa shape index (κ1) is 9.59. The van der Waals surface area contributed by atoms with Gasteiger partial charge in [-0.05, 0) is 25.5 Å². The van der Waals surface area contributed by atoms with Crippen LogP contribution in [0.15, 0.2) is 24.5 Å². The molecule has 1 atom stereocenters. The molecule has 0 amide bonds. The van der Waals surface area contributed by atoms with E-state index in [4.69, 9.17) is 0 Å². The van der Waals surface area contributed by atoms with E-state index in [9.17, 15) is 0 Å². The third kappa shape index (κ3) is 1.86. The maximum Gasteiger partial charge on any atom is 0.157 e. The summed E-state index contributed by atoms with van der Waals surface area (Å²) in [6, 6.07) is 4.37. The van der Waals surface area contributed by atoms with Gasteiger partial charge in [0, 0.05) is 24.8 Å². The van der Waals surface area contributed by atoms with Gasteiger partial charge in [-0.15, -0.1) is 0 Å². The van der Waals surface area contributed by atoms with Crippen LogP contribution in [0.3, 0.4) is 0 Å². The largest absolute Gasteiger partial charge is 0.366 e. The minimum Gasteiger partial charge on any atom is -0.366 e. The fourth-order valence-electron chi connectivity index (χ4n) is 2.08. The molecule has 2 N–H and O–H groups in total. The highest BCUT2D eigenvalue weighted by atomic mass is 15.2. The molecule has 1 aliphatic heterocycles. The number of anilines is 1. The van der Waals surface area contributed by atoms with Crippen LogP contribution in [0.1, 0.15) is 12.8 Å². The van der Waals surface area contributed by atoms with Crippen LogP contribution < -0.4 is 10.6 Å². The van der Waals surface area contributed by atoms with E-state index in [1.54, 1.807) is 10.7 Å². The van der Waals surface area contributed by atoms with Gasteiger partial charge >= 0.3 is 0 Å². The van der Waals surface area contributed by atoms with Crippen LogP contribution in [-0.4, -0.2) is 33.7 Å². The van der Waals surface area contributed by atoms with E-state index in [1.165, 1.54) is 12.8 Å². The fraction of sp³-hybridized carbons (Fsp3) is 0.455. The van der Waals surface area contributed by atoms with Crippen molar-refractivity contribution in [1.82, 2.24) is 19.9 Å². The van der Waals surface area contributed by atoms with E-state index >= 15 is 0 Å². The van der Waals surface area contributed by atoms with Crippen molar-refractivity contribution >= 4 is 11.5 Å². The van der Waals surface area contributed by atoms with Crippen LogP contribution >= 0.6 is 0 Å². The zero-order chi connectivity index (χ0) is 10.8. The SMILES string of the molecule is c1cc2nc(NC3CCCNC3)ccn2n1. The number of aromatic nitrogens is 3. The highest BCUT2D eigenvalue weighted by Crippen LogP contribution is 2.11. The summed E-state index contributed by atoms with van der Waals surface area (Å²) in [6.45, 7) is 2.15. The average Bonchev–Trinajstić information content (AvgIpc) is 2.77. The van der Waals surface area contributed by atoms with E-state index in [0.717, 1.165) is 24.6 Å². The Labute approximate surface area is 93.9 Å². The summed E-state index contributed by atoms with van der Waals surface area (Å²) in [5.41, 5.74) is 0.883. The molecule has 1 unspecified atom stereocenters. The standard InChI is InChI=1S/C11H15N5/c1-2-9(8-12-5-1)14-10-4-7-16-11(15-10)3-6-13-16/h3-4,6-7,9,12H,1-2,5,8H2,(H,14,15). The highest BCUT2D eigenvalue weighted by molar-refractivity contribution is 5.45. The Morgan fingerprint density at radius 2 is 2.44 bits per heavy atom. The monoisotopic (exact) mass is 217 g/mol. The van der Waals surface area contributed by atoms with Crippen molar-refractivity contribution in [3.63, 3.8) is 0 Å². The first-order valence-electron chi connectivity index (χ1n) is 5.69. The number of hydrogen-bond acceptors (Lipinski definition) is 4. The zero-order valence-electron chi connectivity index (χ0n) is 9.06. The van der Waals surface area contributed by atoms with E-state index in [-0.39, 0.29) is 0 Å². The van der Waals surface area contributed by atoms with Crippen LogP contribution in [0, 0.1) is 0 Å². The quantitative estimate of drug-likeness (QED) is 0.784. The summed E-state index contributed by atoms with van der Waals surface area (Å²) in [6.07, 6.45) is 6.13. The second-order valence-corrected chi connectivity index (χ2v) is 4.13. The van der Waals surface area contributed by atoms with Crippen molar-refractivity contribution < 1.29 is 0 Å². The second-order valence-electron chi connectivity index (χ2n) is 4.13. The predicted molar refractivity (Wildman–Crippen MR) is 62.5 cm³/mol. The minimum atomic E-state index is 0.492. The maximum atomic E-state index is 4.49. The van der Waals surface area contributed by atoms with Crippen LogP contribution in [-0.2, 0) is 0 Å². The molecule has 0 aliphatic carbocycles. The fourth-order valence-corrected chi connectivity index (χ4v) is 2.08. The van der Waals surface area contributed by atoms with Gasteiger partial charge in [0.25, 0.3) is 0 Å². The molecule has 5 nitrogen and oxygen atoms in total. The number of nitrogens with zero attached hydrogens (tertiary/aromatic N) is 3. The third-order valence-corrected chi connectivity index (χ3v) is 2.91. The van der Waals surface area contributed by atoms with Crippen molar-refractivity contribution in [3.05, 3.63) is 24.5 Å². The molecule has 1 fully saturated rings. The normalized spacial score (nSPS) is 21.1. The molecule has 3 rings (SSSR count). The minimum absolute atomic E-state index is 0.492. The average molecular weight is 217 g/mol. The molecule has 2 aromatic rings. The van der Waals surface area contributed by atoms with Crippen molar-refractivity contribution in [2.24, 2.45) is 0 Å². The van der Waals surface area contributed by atoms with Crippen molar-refractivity contribution in [3.8, 4) is 0 Å².